The van der Waals surface area contributed by atoms with Crippen molar-refractivity contribution in [2.45, 2.75) is 57.9 Å². The molecule has 164 valence electrons. The van der Waals surface area contributed by atoms with Crippen LogP contribution in [0.4, 0.5) is 0 Å². The van der Waals surface area contributed by atoms with Crippen LogP contribution < -0.4 is 33.5 Å². The average Bonchev–Trinajstić information content (AvgIpc) is 2.71. The molecule has 0 radical (unpaired) electrons. The monoisotopic (exact) mass is 517 g/mol. The molecule has 29 heavy (non-hydrogen) atoms. The number of hydrogen-bond acceptors (Lipinski definition) is 4. The molecule has 2 saturated heterocycles. The maximum Gasteiger partial charge on any atom is 0.338 e. The van der Waals surface area contributed by atoms with Gasteiger partial charge in [0.05, 0.1) is 45.5 Å². The van der Waals surface area contributed by atoms with Crippen LogP contribution >= 0.6 is 0 Å². The Morgan fingerprint density at radius 3 is 2.69 bits per heavy atom. The Morgan fingerprint density at radius 2 is 1.93 bits per heavy atom. The van der Waals surface area contributed by atoms with Gasteiger partial charge in [-0.05, 0) is 50.3 Å². The Hall–Kier alpha value is -1.02. The summed E-state index contributed by atoms with van der Waals surface area (Å²) in [7, 11) is 3.99. The molecular formula is C23H36INO4. The van der Waals surface area contributed by atoms with E-state index in [1.165, 1.54) is 49.7 Å². The number of methoxy groups -OCH3 is 1. The van der Waals surface area contributed by atoms with Gasteiger partial charge < -0.3 is 42.7 Å². The van der Waals surface area contributed by atoms with Gasteiger partial charge in [-0.25, -0.2) is 4.79 Å². The lowest BCUT2D eigenvalue weighted by Crippen LogP contribution is -3.00. The Labute approximate surface area is 192 Å². The minimum Gasteiger partial charge on any atom is -1.00 e. The van der Waals surface area contributed by atoms with Gasteiger partial charge in [0.1, 0.15) is 6.61 Å². The lowest BCUT2D eigenvalue weighted by atomic mass is 9.82. The van der Waals surface area contributed by atoms with Crippen molar-refractivity contribution in [1.29, 1.82) is 0 Å². The summed E-state index contributed by atoms with van der Waals surface area (Å²) < 4.78 is 18.1. The summed E-state index contributed by atoms with van der Waals surface area (Å²) in [6, 6.07) is 5.94. The van der Waals surface area contributed by atoms with Gasteiger partial charge >= 0.3 is 5.97 Å². The Balaban J connectivity index is 0.00000300. The van der Waals surface area contributed by atoms with E-state index in [2.05, 4.69) is 14.0 Å². The molecule has 2 fully saturated rings. The number of esters is 1. The first-order valence-electron chi connectivity index (χ1n) is 10.9. The molecule has 2 aliphatic heterocycles. The van der Waals surface area contributed by atoms with Crippen LogP contribution in [0.5, 0.6) is 11.5 Å². The van der Waals surface area contributed by atoms with E-state index in [-0.39, 0.29) is 29.9 Å². The number of carbonyl (C=O) groups excluding carboxylic acids is 1. The number of rotatable bonds is 8. The van der Waals surface area contributed by atoms with Crippen LogP contribution in [0.15, 0.2) is 18.2 Å². The van der Waals surface area contributed by atoms with E-state index in [0.29, 0.717) is 42.2 Å². The highest BCUT2D eigenvalue weighted by Gasteiger charge is 2.43. The number of nitrogens with zero attached hydrogens (tertiary/aromatic N) is 1. The van der Waals surface area contributed by atoms with Crippen LogP contribution in [0.1, 0.15) is 62.2 Å². The Bertz CT molecular complexity index is 664. The zero-order valence-corrected chi connectivity index (χ0v) is 20.3. The maximum absolute atomic E-state index is 12.6. The second-order valence-corrected chi connectivity index (χ2v) is 8.56. The average molecular weight is 517 g/mol. The van der Waals surface area contributed by atoms with Crippen LogP contribution in [-0.2, 0) is 4.74 Å². The molecule has 0 spiro atoms. The molecule has 0 amide bonds. The van der Waals surface area contributed by atoms with E-state index in [1.807, 2.05) is 0 Å². The molecule has 0 aliphatic carbocycles. The predicted octanol–water partition coefficient (Wildman–Crippen LogP) is 1.44. The van der Waals surface area contributed by atoms with Crippen molar-refractivity contribution in [2.24, 2.45) is 5.92 Å². The number of fused-ring (bicyclic) bond motifs is 1. The van der Waals surface area contributed by atoms with Crippen LogP contribution in [-0.4, -0.2) is 57.0 Å². The Morgan fingerprint density at radius 1 is 1.14 bits per heavy atom. The number of ether oxygens (including phenoxy) is 3. The molecule has 2 heterocycles. The number of benzene rings is 1. The van der Waals surface area contributed by atoms with Crippen molar-refractivity contribution in [3.63, 3.8) is 0 Å². The first-order chi connectivity index (χ1) is 13.6. The van der Waals surface area contributed by atoms with Gasteiger partial charge in [0, 0.05) is 12.3 Å². The molecule has 1 aromatic rings. The molecule has 0 aromatic heterocycles. The summed E-state index contributed by atoms with van der Waals surface area (Å²) in [5.41, 5.74) is 0.524. The first kappa shape index (κ1) is 24.3. The van der Waals surface area contributed by atoms with Gasteiger partial charge in [-0.2, -0.15) is 0 Å². The molecule has 2 aliphatic rings. The summed E-state index contributed by atoms with van der Waals surface area (Å²) >= 11 is 0. The van der Waals surface area contributed by atoms with Crippen LogP contribution in [0, 0.1) is 5.92 Å². The molecule has 1 aromatic carbocycles. The minimum absolute atomic E-state index is 0. The highest BCUT2D eigenvalue weighted by molar-refractivity contribution is 5.90. The quantitative estimate of drug-likeness (QED) is 0.227. The fourth-order valence-electron chi connectivity index (χ4n) is 4.93. The fraction of sp³-hybridized carbons (Fsp3) is 0.696. The summed E-state index contributed by atoms with van der Waals surface area (Å²) in [6.45, 7) is 5.84. The molecular weight excluding hydrogens is 481 g/mol. The van der Waals surface area contributed by atoms with Gasteiger partial charge in [-0.3, -0.25) is 0 Å². The molecule has 0 N–H and O–H groups in total. The smallest absolute Gasteiger partial charge is 0.338 e. The third-order valence-electron chi connectivity index (χ3n) is 6.59. The molecule has 0 bridgehead atoms. The lowest BCUT2D eigenvalue weighted by molar-refractivity contribution is -0.947. The normalized spacial score (nSPS) is 26.0. The summed E-state index contributed by atoms with van der Waals surface area (Å²) in [5, 5.41) is 0. The summed E-state index contributed by atoms with van der Waals surface area (Å²) in [5.74, 6) is 1.46. The summed E-state index contributed by atoms with van der Waals surface area (Å²) in [4.78, 5) is 12.6. The van der Waals surface area contributed by atoms with E-state index in [0.717, 1.165) is 12.8 Å². The fourth-order valence-corrected chi connectivity index (χ4v) is 4.93. The zero-order valence-electron chi connectivity index (χ0n) is 18.1. The van der Waals surface area contributed by atoms with Crippen LogP contribution in [0.25, 0.3) is 0 Å². The molecule has 0 saturated carbocycles. The lowest BCUT2D eigenvalue weighted by Gasteiger charge is -2.51. The largest absolute Gasteiger partial charge is 1.00 e. The number of halogens is 1. The standard InChI is InChI=1S/C23H36NO4.HI/c1-4-5-15-27-21-12-11-18(16-22(21)26-3)23(25)28-17-19-9-8-14-24(2)13-7-6-10-20(19)24;/h11-12,16,19-20H,4-10,13-15,17H2,1-3H3;1H/q+1;/p-1/t19-,20+,24?;/m0./s1. The van der Waals surface area contributed by atoms with Crippen molar-refractivity contribution >= 4 is 5.97 Å². The van der Waals surface area contributed by atoms with Gasteiger partial charge in [0.25, 0.3) is 0 Å². The number of quaternary nitrogens is 1. The van der Waals surface area contributed by atoms with E-state index >= 15 is 0 Å². The van der Waals surface area contributed by atoms with Gasteiger partial charge in [0.15, 0.2) is 11.5 Å². The van der Waals surface area contributed by atoms with Crippen molar-refractivity contribution in [3.8, 4) is 11.5 Å². The molecule has 6 heteroatoms. The number of piperidine rings is 2. The zero-order chi connectivity index (χ0) is 20.0. The molecule has 5 nitrogen and oxygen atoms in total. The maximum atomic E-state index is 12.6. The van der Waals surface area contributed by atoms with Crippen LogP contribution in [0.2, 0.25) is 0 Å². The third kappa shape index (κ3) is 6.00. The minimum atomic E-state index is -0.269. The van der Waals surface area contributed by atoms with E-state index in [9.17, 15) is 4.79 Å². The van der Waals surface area contributed by atoms with Gasteiger partial charge in [-0.15, -0.1) is 0 Å². The number of carbonyl (C=O) groups is 1. The van der Waals surface area contributed by atoms with Crippen molar-refractivity contribution < 1.29 is 47.5 Å². The molecule has 3 rings (SSSR count). The number of hydrogen-bond donors (Lipinski definition) is 0. The highest BCUT2D eigenvalue weighted by atomic mass is 127. The van der Waals surface area contributed by atoms with E-state index < -0.39 is 0 Å². The van der Waals surface area contributed by atoms with E-state index in [1.54, 1.807) is 25.3 Å². The van der Waals surface area contributed by atoms with Crippen molar-refractivity contribution in [2.75, 3.05) is 40.5 Å². The summed E-state index contributed by atoms with van der Waals surface area (Å²) in [6.07, 6.45) is 8.35. The van der Waals surface area contributed by atoms with Gasteiger partial charge in [-0.1, -0.05) is 13.3 Å². The molecule has 1 unspecified atom stereocenters. The predicted molar refractivity (Wildman–Crippen MR) is 110 cm³/mol. The van der Waals surface area contributed by atoms with Gasteiger partial charge in [0.2, 0.25) is 0 Å². The highest BCUT2D eigenvalue weighted by Crippen LogP contribution is 2.36. The first-order valence-corrected chi connectivity index (χ1v) is 10.9. The number of unbranched alkanes of at least 4 members (excludes halogenated alkanes) is 1. The SMILES string of the molecule is CCCCOc1ccc(C(=O)OC[C@@H]2CCC[N+]3(C)CCCC[C@H]23)cc1OC.[I-]. The third-order valence-corrected chi connectivity index (χ3v) is 6.59. The topological polar surface area (TPSA) is 44.8 Å². The van der Waals surface area contributed by atoms with E-state index in [4.69, 9.17) is 14.2 Å². The molecule has 3 atom stereocenters. The van der Waals surface area contributed by atoms with Crippen molar-refractivity contribution in [3.05, 3.63) is 23.8 Å². The van der Waals surface area contributed by atoms with Crippen molar-refractivity contribution in [1.82, 2.24) is 0 Å². The second kappa shape index (κ2) is 11.4. The second-order valence-electron chi connectivity index (χ2n) is 8.56. The van der Waals surface area contributed by atoms with Crippen LogP contribution in [0.3, 0.4) is 0 Å². The Kier molecular flexibility index (Phi) is 9.53.